The molecule has 1 fully saturated rings. The van der Waals surface area contributed by atoms with E-state index < -0.39 is 48.4 Å². The molecule has 1 unspecified atom stereocenters. The van der Waals surface area contributed by atoms with Crippen molar-refractivity contribution in [3.8, 4) is 0 Å². The molecule has 1 aromatic rings. The van der Waals surface area contributed by atoms with E-state index in [1.807, 2.05) is 0 Å². The topological polar surface area (TPSA) is 90.0 Å². The predicted molar refractivity (Wildman–Crippen MR) is 89.1 cm³/mol. The fraction of sp³-hybridized carbons (Fsp3) is 0.471. The van der Waals surface area contributed by atoms with Crippen LogP contribution in [-0.4, -0.2) is 59.6 Å². The van der Waals surface area contributed by atoms with Crippen LogP contribution < -0.4 is 10.2 Å². The average molecular weight is 385 g/mol. The van der Waals surface area contributed by atoms with Crippen LogP contribution in [0.1, 0.15) is 6.92 Å². The van der Waals surface area contributed by atoms with Gasteiger partial charge >= 0.3 is 12.1 Å². The zero-order valence-corrected chi connectivity index (χ0v) is 14.4. The Morgan fingerprint density at radius 3 is 2.52 bits per heavy atom. The molecule has 2 aliphatic heterocycles. The van der Waals surface area contributed by atoms with Crippen LogP contribution in [-0.2, 0) is 14.4 Å². The maximum atomic E-state index is 13.2. The van der Waals surface area contributed by atoms with E-state index in [1.54, 1.807) is 24.3 Å². The van der Waals surface area contributed by atoms with Gasteiger partial charge in [-0.25, -0.2) is 0 Å². The van der Waals surface area contributed by atoms with Gasteiger partial charge in [-0.15, -0.1) is 0 Å². The van der Waals surface area contributed by atoms with Crippen molar-refractivity contribution in [3.63, 3.8) is 0 Å². The Hall–Kier alpha value is -2.62. The van der Waals surface area contributed by atoms with Crippen LogP contribution in [0.3, 0.4) is 0 Å². The number of carboxylic acids is 1. The summed E-state index contributed by atoms with van der Waals surface area (Å²) in [4.78, 5) is 38.4. The summed E-state index contributed by atoms with van der Waals surface area (Å²) in [6.45, 7) is 0.220. The molecule has 0 saturated carbocycles. The first-order valence-electron chi connectivity index (χ1n) is 8.33. The third-order valence-electron chi connectivity index (χ3n) is 5.03. The number of fused-ring (bicyclic) bond motifs is 1. The molecule has 0 aromatic heterocycles. The number of hydrogen-bond acceptors (Lipinski definition) is 4. The fourth-order valence-electron chi connectivity index (χ4n) is 3.54. The molecule has 0 radical (unpaired) electrons. The van der Waals surface area contributed by atoms with Crippen LogP contribution in [0.5, 0.6) is 0 Å². The lowest BCUT2D eigenvalue weighted by Crippen LogP contribution is -2.51. The minimum absolute atomic E-state index is 0.251. The van der Waals surface area contributed by atoms with Crippen molar-refractivity contribution < 1.29 is 32.7 Å². The van der Waals surface area contributed by atoms with E-state index in [0.29, 0.717) is 11.4 Å². The number of hydrogen-bond donors (Lipinski definition) is 2. The highest BCUT2D eigenvalue weighted by atomic mass is 19.4. The van der Waals surface area contributed by atoms with E-state index in [9.17, 15) is 27.6 Å². The number of amides is 2. The minimum Gasteiger partial charge on any atom is -0.481 e. The van der Waals surface area contributed by atoms with E-state index in [1.165, 1.54) is 16.7 Å². The van der Waals surface area contributed by atoms with Gasteiger partial charge in [0.05, 0.1) is 29.3 Å². The Labute approximate surface area is 152 Å². The highest BCUT2D eigenvalue weighted by Gasteiger charge is 2.54. The lowest BCUT2D eigenvalue weighted by molar-refractivity contribution is -0.188. The normalized spacial score (nSPS) is 24.3. The monoisotopic (exact) mass is 385 g/mol. The zero-order chi connectivity index (χ0) is 19.9. The molecule has 2 aliphatic rings. The largest absolute Gasteiger partial charge is 0.481 e. The van der Waals surface area contributed by atoms with Crippen molar-refractivity contribution in [3.05, 3.63) is 24.3 Å². The molecule has 146 valence electrons. The number of benzene rings is 1. The Kier molecular flexibility index (Phi) is 4.85. The first-order valence-corrected chi connectivity index (χ1v) is 8.33. The smallest absolute Gasteiger partial charge is 0.393 e. The second-order valence-corrected chi connectivity index (χ2v) is 6.71. The van der Waals surface area contributed by atoms with E-state index in [2.05, 4.69) is 5.32 Å². The molecule has 2 heterocycles. The zero-order valence-electron chi connectivity index (χ0n) is 14.4. The molecular weight excluding hydrogens is 367 g/mol. The van der Waals surface area contributed by atoms with Crippen LogP contribution in [0.2, 0.25) is 0 Å². The van der Waals surface area contributed by atoms with Gasteiger partial charge in [0.2, 0.25) is 11.8 Å². The summed E-state index contributed by atoms with van der Waals surface area (Å²) in [5.41, 5.74) is 0.891. The number of anilines is 2. The van der Waals surface area contributed by atoms with Gasteiger partial charge in [-0.2, -0.15) is 13.2 Å². The summed E-state index contributed by atoms with van der Waals surface area (Å²) in [7, 11) is 0. The van der Waals surface area contributed by atoms with Crippen LogP contribution >= 0.6 is 0 Å². The van der Waals surface area contributed by atoms with Gasteiger partial charge in [-0.05, 0) is 19.1 Å². The van der Waals surface area contributed by atoms with Crippen LogP contribution in [0.25, 0.3) is 0 Å². The maximum absolute atomic E-state index is 13.2. The molecule has 2 amide bonds. The maximum Gasteiger partial charge on any atom is 0.393 e. The third kappa shape index (κ3) is 3.61. The van der Waals surface area contributed by atoms with Gasteiger partial charge in [0.25, 0.3) is 0 Å². The van der Waals surface area contributed by atoms with Crippen molar-refractivity contribution in [1.29, 1.82) is 0 Å². The fourth-order valence-corrected chi connectivity index (χ4v) is 3.54. The number of carbonyl (C=O) groups excluding carboxylic acids is 2. The first-order chi connectivity index (χ1) is 12.6. The van der Waals surface area contributed by atoms with Crippen molar-refractivity contribution in [2.24, 2.45) is 11.8 Å². The molecule has 0 spiro atoms. The van der Waals surface area contributed by atoms with E-state index in [4.69, 9.17) is 5.11 Å². The van der Waals surface area contributed by atoms with Crippen LogP contribution in [0, 0.1) is 11.8 Å². The van der Waals surface area contributed by atoms with Gasteiger partial charge in [-0.3, -0.25) is 24.2 Å². The number of nitrogens with zero attached hydrogens (tertiary/aromatic N) is 2. The standard InChI is InChI=1S/C17H18F3N3O4/c1-9(22-6-10(16(26)27)11(7-22)17(18,19)20)15(25)23-8-14(24)21-12-4-2-3-5-13(12)23/h2-5,9-11H,6-8H2,1H3,(H,21,24)(H,26,27)/t9?,10-,11-/m1/s1. The summed E-state index contributed by atoms with van der Waals surface area (Å²) in [5.74, 6) is -6.17. The third-order valence-corrected chi connectivity index (χ3v) is 5.03. The molecule has 0 bridgehead atoms. The van der Waals surface area contributed by atoms with Gasteiger partial charge in [0, 0.05) is 13.1 Å². The summed E-state index contributed by atoms with van der Waals surface area (Å²) >= 11 is 0. The van der Waals surface area contributed by atoms with Crippen molar-refractivity contribution in [1.82, 2.24) is 4.90 Å². The summed E-state index contributed by atoms with van der Waals surface area (Å²) < 4.78 is 39.5. The number of nitrogens with one attached hydrogen (secondary N) is 1. The van der Waals surface area contributed by atoms with Crippen LogP contribution in [0.4, 0.5) is 24.5 Å². The summed E-state index contributed by atoms with van der Waals surface area (Å²) in [5, 5.41) is 11.8. The van der Waals surface area contributed by atoms with Crippen molar-refractivity contribution in [2.75, 3.05) is 29.9 Å². The molecular formula is C17H18F3N3O4. The lowest BCUT2D eigenvalue weighted by atomic mass is 9.96. The number of carbonyl (C=O) groups is 3. The molecule has 27 heavy (non-hydrogen) atoms. The lowest BCUT2D eigenvalue weighted by Gasteiger charge is -2.33. The number of rotatable bonds is 3. The number of carboxylic acid groups (broad SMARTS) is 1. The number of halogens is 3. The summed E-state index contributed by atoms with van der Waals surface area (Å²) in [6.07, 6.45) is -4.67. The average Bonchev–Trinajstić information content (AvgIpc) is 3.05. The highest BCUT2D eigenvalue weighted by molar-refractivity contribution is 6.11. The predicted octanol–water partition coefficient (Wildman–Crippen LogP) is 1.56. The number of para-hydroxylation sites is 2. The van der Waals surface area contributed by atoms with E-state index in [-0.39, 0.29) is 13.1 Å². The highest BCUT2D eigenvalue weighted by Crippen LogP contribution is 2.39. The Balaban J connectivity index is 1.82. The number of likely N-dealkylation sites (tertiary alicyclic amines) is 1. The Morgan fingerprint density at radius 1 is 1.26 bits per heavy atom. The second kappa shape index (κ2) is 6.84. The van der Waals surface area contributed by atoms with Crippen molar-refractivity contribution in [2.45, 2.75) is 19.1 Å². The number of alkyl halides is 3. The van der Waals surface area contributed by atoms with Gasteiger partial charge in [-0.1, -0.05) is 12.1 Å². The Bertz CT molecular complexity index is 783. The van der Waals surface area contributed by atoms with Gasteiger partial charge < -0.3 is 10.4 Å². The van der Waals surface area contributed by atoms with Crippen LogP contribution in [0.15, 0.2) is 24.3 Å². The molecule has 3 atom stereocenters. The molecule has 2 N–H and O–H groups in total. The molecule has 3 rings (SSSR count). The molecule has 10 heteroatoms. The van der Waals surface area contributed by atoms with Gasteiger partial charge in [0.15, 0.2) is 0 Å². The second-order valence-electron chi connectivity index (χ2n) is 6.71. The molecule has 1 saturated heterocycles. The quantitative estimate of drug-likeness (QED) is 0.824. The van der Waals surface area contributed by atoms with Crippen molar-refractivity contribution >= 4 is 29.2 Å². The molecule has 1 aromatic carbocycles. The Morgan fingerprint density at radius 2 is 1.93 bits per heavy atom. The summed E-state index contributed by atoms with van der Waals surface area (Å²) in [6, 6.07) is 5.60. The SMILES string of the molecule is CC(C(=O)N1CC(=O)Nc2ccccc21)N1C[C@@H](C(F)(F)F)[C@H](C(=O)O)C1. The van der Waals surface area contributed by atoms with E-state index in [0.717, 1.165) is 0 Å². The first kappa shape index (κ1) is 19.2. The van der Waals surface area contributed by atoms with E-state index >= 15 is 0 Å². The molecule has 7 nitrogen and oxygen atoms in total. The number of aliphatic carboxylic acids is 1. The molecule has 0 aliphatic carbocycles. The minimum atomic E-state index is -4.67. The van der Waals surface area contributed by atoms with Gasteiger partial charge in [0.1, 0.15) is 6.54 Å².